The molecule has 4 heteroatoms. The molecule has 1 amide bonds. The van der Waals surface area contributed by atoms with Gasteiger partial charge in [-0.25, -0.2) is 0 Å². The number of carbonyl (C=O) groups excluding carboxylic acids is 1. The fourth-order valence-electron chi connectivity index (χ4n) is 2.13. The van der Waals surface area contributed by atoms with Crippen LogP contribution in [0, 0.1) is 0 Å². The van der Waals surface area contributed by atoms with Gasteiger partial charge in [0.2, 0.25) is 5.91 Å². The van der Waals surface area contributed by atoms with E-state index in [1.807, 2.05) is 18.2 Å². The Morgan fingerprint density at radius 1 is 1.10 bits per heavy atom. The van der Waals surface area contributed by atoms with Crippen molar-refractivity contribution >= 4 is 11.6 Å². The molecule has 2 rings (SSSR count). The molecule has 0 fully saturated rings. The van der Waals surface area contributed by atoms with Crippen molar-refractivity contribution in [3.05, 3.63) is 59.7 Å². The molecule has 0 saturated heterocycles. The van der Waals surface area contributed by atoms with E-state index >= 15 is 0 Å². The van der Waals surface area contributed by atoms with Crippen LogP contribution in [0.2, 0.25) is 0 Å². The molecule has 110 valence electrons. The molecule has 2 aromatic carbocycles. The highest BCUT2D eigenvalue weighted by atomic mass is 16.3. The Morgan fingerprint density at radius 2 is 1.86 bits per heavy atom. The SMILES string of the molecule is Nc1cc(CC(=O)NCCCc2ccccc2)ccc1O. The van der Waals surface area contributed by atoms with Gasteiger partial charge < -0.3 is 16.2 Å². The van der Waals surface area contributed by atoms with Gasteiger partial charge in [-0.2, -0.15) is 0 Å². The summed E-state index contributed by atoms with van der Waals surface area (Å²) in [6, 6.07) is 15.0. The number of nitrogens with two attached hydrogens (primary N) is 1. The monoisotopic (exact) mass is 284 g/mol. The summed E-state index contributed by atoms with van der Waals surface area (Å²) >= 11 is 0. The third-order valence-corrected chi connectivity index (χ3v) is 3.26. The number of nitrogens with one attached hydrogen (secondary N) is 1. The maximum absolute atomic E-state index is 11.8. The molecule has 21 heavy (non-hydrogen) atoms. The van der Waals surface area contributed by atoms with Gasteiger partial charge in [-0.15, -0.1) is 0 Å². The molecule has 0 heterocycles. The molecule has 0 unspecified atom stereocenters. The van der Waals surface area contributed by atoms with Crippen LogP contribution < -0.4 is 11.1 Å². The number of benzene rings is 2. The van der Waals surface area contributed by atoms with E-state index in [-0.39, 0.29) is 18.1 Å². The van der Waals surface area contributed by atoms with Crippen molar-refractivity contribution in [3.8, 4) is 5.75 Å². The fourth-order valence-corrected chi connectivity index (χ4v) is 2.13. The summed E-state index contributed by atoms with van der Waals surface area (Å²) < 4.78 is 0. The predicted molar refractivity (Wildman–Crippen MR) is 84.0 cm³/mol. The Kier molecular flexibility index (Phi) is 5.21. The summed E-state index contributed by atoms with van der Waals surface area (Å²) in [6.45, 7) is 0.654. The first kappa shape index (κ1) is 14.9. The van der Waals surface area contributed by atoms with Gasteiger partial charge in [0.1, 0.15) is 5.75 Å². The van der Waals surface area contributed by atoms with Gasteiger partial charge in [0.15, 0.2) is 0 Å². The van der Waals surface area contributed by atoms with E-state index < -0.39 is 0 Å². The summed E-state index contributed by atoms with van der Waals surface area (Å²) in [6.07, 6.45) is 2.14. The molecule has 4 nitrogen and oxygen atoms in total. The minimum Gasteiger partial charge on any atom is -0.506 e. The van der Waals surface area contributed by atoms with Gasteiger partial charge in [-0.05, 0) is 36.1 Å². The van der Waals surface area contributed by atoms with Gasteiger partial charge in [0.05, 0.1) is 12.1 Å². The maximum Gasteiger partial charge on any atom is 0.224 e. The lowest BCUT2D eigenvalue weighted by molar-refractivity contribution is -0.120. The smallest absolute Gasteiger partial charge is 0.224 e. The highest BCUT2D eigenvalue weighted by Crippen LogP contribution is 2.20. The van der Waals surface area contributed by atoms with Crippen molar-refractivity contribution in [3.63, 3.8) is 0 Å². The van der Waals surface area contributed by atoms with Crippen LogP contribution in [0.25, 0.3) is 0 Å². The molecule has 2 aromatic rings. The van der Waals surface area contributed by atoms with Crippen molar-refractivity contribution in [2.45, 2.75) is 19.3 Å². The molecular weight excluding hydrogens is 264 g/mol. The Hall–Kier alpha value is -2.49. The highest BCUT2D eigenvalue weighted by Gasteiger charge is 2.05. The zero-order valence-electron chi connectivity index (χ0n) is 11.9. The van der Waals surface area contributed by atoms with E-state index in [0.29, 0.717) is 12.2 Å². The Bertz CT molecular complexity index is 597. The van der Waals surface area contributed by atoms with Crippen LogP contribution in [-0.4, -0.2) is 17.6 Å². The number of hydrogen-bond donors (Lipinski definition) is 3. The van der Waals surface area contributed by atoms with Crippen molar-refractivity contribution in [2.24, 2.45) is 0 Å². The number of anilines is 1. The van der Waals surface area contributed by atoms with Gasteiger partial charge in [-0.3, -0.25) is 4.79 Å². The highest BCUT2D eigenvalue weighted by molar-refractivity contribution is 5.79. The normalized spacial score (nSPS) is 10.3. The topological polar surface area (TPSA) is 75.4 Å². The van der Waals surface area contributed by atoms with Crippen molar-refractivity contribution in [1.82, 2.24) is 5.32 Å². The molecule has 0 bridgehead atoms. The minimum absolute atomic E-state index is 0.0341. The molecule has 0 aromatic heterocycles. The summed E-state index contributed by atoms with van der Waals surface area (Å²) in [7, 11) is 0. The molecule has 0 radical (unpaired) electrons. The van der Waals surface area contributed by atoms with Gasteiger partial charge in [-0.1, -0.05) is 36.4 Å². The van der Waals surface area contributed by atoms with Crippen LogP contribution >= 0.6 is 0 Å². The lowest BCUT2D eigenvalue weighted by Crippen LogP contribution is -2.26. The standard InChI is InChI=1S/C17H20N2O2/c18-15-11-14(8-9-16(15)20)12-17(21)19-10-4-7-13-5-2-1-3-6-13/h1-3,5-6,8-9,11,20H,4,7,10,12,18H2,(H,19,21). The molecule has 4 N–H and O–H groups in total. The number of aromatic hydroxyl groups is 1. The largest absolute Gasteiger partial charge is 0.506 e. The van der Waals surface area contributed by atoms with Crippen LogP contribution in [0.15, 0.2) is 48.5 Å². The van der Waals surface area contributed by atoms with E-state index in [1.54, 1.807) is 12.1 Å². The van der Waals surface area contributed by atoms with Crippen LogP contribution in [-0.2, 0) is 17.6 Å². The number of aryl methyl sites for hydroxylation is 1. The van der Waals surface area contributed by atoms with E-state index in [0.717, 1.165) is 18.4 Å². The zero-order valence-corrected chi connectivity index (χ0v) is 11.9. The summed E-state index contributed by atoms with van der Waals surface area (Å²) in [5, 5.41) is 12.2. The van der Waals surface area contributed by atoms with Gasteiger partial charge in [0.25, 0.3) is 0 Å². The third-order valence-electron chi connectivity index (χ3n) is 3.26. The molecule has 0 aliphatic heterocycles. The number of phenolic OH excluding ortho intramolecular Hbond substituents is 1. The number of hydrogen-bond acceptors (Lipinski definition) is 3. The molecule has 0 saturated carbocycles. The summed E-state index contributed by atoms with van der Waals surface area (Å²) in [5.74, 6) is 0.00942. The fraction of sp³-hybridized carbons (Fsp3) is 0.235. The molecule has 0 atom stereocenters. The van der Waals surface area contributed by atoms with E-state index in [1.165, 1.54) is 11.6 Å². The molecule has 0 aliphatic rings. The van der Waals surface area contributed by atoms with Crippen LogP contribution in [0.4, 0.5) is 5.69 Å². The Labute approximate surface area is 124 Å². The molecule has 0 spiro atoms. The number of carbonyl (C=O) groups is 1. The van der Waals surface area contributed by atoms with E-state index in [9.17, 15) is 9.90 Å². The quantitative estimate of drug-likeness (QED) is 0.433. The Balaban J connectivity index is 1.71. The van der Waals surface area contributed by atoms with Crippen LogP contribution in [0.1, 0.15) is 17.5 Å². The number of rotatable bonds is 6. The second kappa shape index (κ2) is 7.33. The average Bonchev–Trinajstić information content (AvgIpc) is 2.49. The van der Waals surface area contributed by atoms with Crippen LogP contribution in [0.3, 0.4) is 0 Å². The first-order valence-electron chi connectivity index (χ1n) is 7.03. The molecular formula is C17H20N2O2. The first-order chi connectivity index (χ1) is 10.1. The van der Waals surface area contributed by atoms with Crippen molar-refractivity contribution in [1.29, 1.82) is 0 Å². The second-order valence-electron chi connectivity index (χ2n) is 5.01. The van der Waals surface area contributed by atoms with Crippen LogP contribution in [0.5, 0.6) is 5.75 Å². The zero-order chi connectivity index (χ0) is 15.1. The van der Waals surface area contributed by atoms with Gasteiger partial charge in [0, 0.05) is 6.54 Å². The summed E-state index contributed by atoms with van der Waals surface area (Å²) in [5.41, 5.74) is 7.97. The lowest BCUT2D eigenvalue weighted by atomic mass is 10.1. The lowest BCUT2D eigenvalue weighted by Gasteiger charge is -2.07. The minimum atomic E-state index is -0.0341. The first-order valence-corrected chi connectivity index (χ1v) is 7.03. The number of amides is 1. The maximum atomic E-state index is 11.8. The van der Waals surface area contributed by atoms with E-state index in [2.05, 4.69) is 17.4 Å². The van der Waals surface area contributed by atoms with Crippen molar-refractivity contribution in [2.75, 3.05) is 12.3 Å². The van der Waals surface area contributed by atoms with Gasteiger partial charge >= 0.3 is 0 Å². The van der Waals surface area contributed by atoms with Crippen molar-refractivity contribution < 1.29 is 9.90 Å². The molecule has 0 aliphatic carbocycles. The number of phenols is 1. The average molecular weight is 284 g/mol. The van der Waals surface area contributed by atoms with E-state index in [4.69, 9.17) is 5.73 Å². The second-order valence-corrected chi connectivity index (χ2v) is 5.01. The summed E-state index contributed by atoms with van der Waals surface area (Å²) in [4.78, 5) is 11.8. The predicted octanol–water partition coefficient (Wildman–Crippen LogP) is 2.27. The third kappa shape index (κ3) is 4.84. The number of nitrogen functional groups attached to an aromatic ring is 1. The Morgan fingerprint density at radius 3 is 2.57 bits per heavy atom.